The van der Waals surface area contributed by atoms with E-state index in [0.717, 1.165) is 13.1 Å². The van der Waals surface area contributed by atoms with Crippen molar-refractivity contribution >= 4 is 11.8 Å². The SMILES string of the molecule is CSCCNCC(C)(C)C. The van der Waals surface area contributed by atoms with Crippen LogP contribution in [0.2, 0.25) is 0 Å². The molecule has 1 N–H and O–H groups in total. The van der Waals surface area contributed by atoms with Gasteiger partial charge in [-0.3, -0.25) is 0 Å². The first-order valence-electron chi connectivity index (χ1n) is 3.76. The minimum atomic E-state index is 0.429. The van der Waals surface area contributed by atoms with Crippen molar-refractivity contribution < 1.29 is 0 Å². The van der Waals surface area contributed by atoms with Crippen molar-refractivity contribution in [3.63, 3.8) is 0 Å². The second-order valence-electron chi connectivity index (χ2n) is 3.73. The fraction of sp³-hybridized carbons (Fsp3) is 1.00. The lowest BCUT2D eigenvalue weighted by Crippen LogP contribution is -2.28. The van der Waals surface area contributed by atoms with Crippen molar-refractivity contribution in [2.45, 2.75) is 20.8 Å². The molecule has 0 aromatic heterocycles. The summed E-state index contributed by atoms with van der Waals surface area (Å²) in [5.41, 5.74) is 0.429. The second-order valence-corrected chi connectivity index (χ2v) is 4.72. The van der Waals surface area contributed by atoms with Gasteiger partial charge in [0.15, 0.2) is 0 Å². The predicted molar refractivity (Wildman–Crippen MR) is 50.7 cm³/mol. The fourth-order valence-corrected chi connectivity index (χ4v) is 0.986. The first kappa shape index (κ1) is 10.3. The number of hydrogen-bond acceptors (Lipinski definition) is 2. The first-order valence-corrected chi connectivity index (χ1v) is 5.15. The zero-order valence-corrected chi connectivity index (χ0v) is 8.35. The van der Waals surface area contributed by atoms with Crippen LogP contribution < -0.4 is 5.32 Å². The van der Waals surface area contributed by atoms with Crippen LogP contribution in [0.1, 0.15) is 20.8 Å². The Hall–Kier alpha value is 0.310. The van der Waals surface area contributed by atoms with E-state index in [4.69, 9.17) is 0 Å². The number of rotatable bonds is 4. The molecule has 0 amide bonds. The Morgan fingerprint density at radius 2 is 1.90 bits per heavy atom. The zero-order valence-electron chi connectivity index (χ0n) is 7.53. The molecule has 0 rings (SSSR count). The van der Waals surface area contributed by atoms with Gasteiger partial charge in [0, 0.05) is 18.8 Å². The molecule has 0 fully saturated rings. The Morgan fingerprint density at radius 1 is 1.30 bits per heavy atom. The Morgan fingerprint density at radius 3 is 2.30 bits per heavy atom. The van der Waals surface area contributed by atoms with Gasteiger partial charge in [0.05, 0.1) is 0 Å². The Bertz CT molecular complexity index is 75.8. The Balaban J connectivity index is 3.04. The summed E-state index contributed by atoms with van der Waals surface area (Å²) in [6, 6.07) is 0. The molecule has 0 atom stereocenters. The highest BCUT2D eigenvalue weighted by molar-refractivity contribution is 7.98. The lowest BCUT2D eigenvalue weighted by atomic mass is 9.97. The molecule has 0 saturated carbocycles. The maximum absolute atomic E-state index is 3.41. The summed E-state index contributed by atoms with van der Waals surface area (Å²) in [7, 11) is 0. The Labute approximate surface area is 69.0 Å². The van der Waals surface area contributed by atoms with E-state index >= 15 is 0 Å². The smallest absolute Gasteiger partial charge is 0.00553 e. The summed E-state index contributed by atoms with van der Waals surface area (Å²) in [5.74, 6) is 1.22. The molecule has 0 unspecified atom stereocenters. The van der Waals surface area contributed by atoms with Crippen LogP contribution in [0.25, 0.3) is 0 Å². The maximum Gasteiger partial charge on any atom is 0.00553 e. The first-order chi connectivity index (χ1) is 4.56. The largest absolute Gasteiger partial charge is 0.315 e. The van der Waals surface area contributed by atoms with Crippen LogP contribution in [0.4, 0.5) is 0 Å². The zero-order chi connectivity index (χ0) is 8.04. The molecule has 0 spiro atoms. The van der Waals surface area contributed by atoms with Gasteiger partial charge < -0.3 is 5.32 Å². The highest BCUT2D eigenvalue weighted by Crippen LogP contribution is 2.09. The van der Waals surface area contributed by atoms with E-state index in [-0.39, 0.29) is 0 Å². The average molecular weight is 161 g/mol. The third-order valence-electron chi connectivity index (χ3n) is 1.14. The highest BCUT2D eigenvalue weighted by Gasteiger charge is 2.07. The molecule has 0 saturated heterocycles. The molecule has 0 bridgehead atoms. The van der Waals surface area contributed by atoms with Crippen molar-refractivity contribution in [1.29, 1.82) is 0 Å². The van der Waals surface area contributed by atoms with Gasteiger partial charge in [0.1, 0.15) is 0 Å². The van der Waals surface area contributed by atoms with Gasteiger partial charge in [-0.05, 0) is 11.7 Å². The van der Waals surface area contributed by atoms with Crippen molar-refractivity contribution in [2.24, 2.45) is 5.41 Å². The summed E-state index contributed by atoms with van der Waals surface area (Å²) in [6.07, 6.45) is 2.14. The third-order valence-corrected chi connectivity index (χ3v) is 1.75. The van der Waals surface area contributed by atoms with Gasteiger partial charge in [-0.25, -0.2) is 0 Å². The van der Waals surface area contributed by atoms with Gasteiger partial charge in [0.2, 0.25) is 0 Å². The lowest BCUT2D eigenvalue weighted by Gasteiger charge is -2.18. The standard InChI is InChI=1S/C8H19NS/c1-8(2,3)7-9-5-6-10-4/h9H,5-7H2,1-4H3. The van der Waals surface area contributed by atoms with Crippen LogP contribution in [0.5, 0.6) is 0 Å². The molecule has 0 radical (unpaired) electrons. The average Bonchev–Trinajstić information content (AvgIpc) is 1.78. The van der Waals surface area contributed by atoms with Gasteiger partial charge in [-0.2, -0.15) is 11.8 Å². The topological polar surface area (TPSA) is 12.0 Å². The molecule has 0 aliphatic heterocycles. The summed E-state index contributed by atoms with van der Waals surface area (Å²) in [5, 5.41) is 3.41. The summed E-state index contributed by atoms with van der Waals surface area (Å²) in [6.45, 7) is 9.00. The van der Waals surface area contributed by atoms with E-state index in [9.17, 15) is 0 Å². The van der Waals surface area contributed by atoms with Crippen LogP contribution in [0.15, 0.2) is 0 Å². The molecule has 2 heteroatoms. The quantitative estimate of drug-likeness (QED) is 0.633. The van der Waals surface area contributed by atoms with Crippen molar-refractivity contribution in [3.05, 3.63) is 0 Å². The van der Waals surface area contributed by atoms with Crippen LogP contribution in [0, 0.1) is 5.41 Å². The summed E-state index contributed by atoms with van der Waals surface area (Å²) < 4.78 is 0. The number of thioether (sulfide) groups is 1. The fourth-order valence-electron chi connectivity index (χ4n) is 0.638. The van der Waals surface area contributed by atoms with E-state index in [1.807, 2.05) is 11.8 Å². The van der Waals surface area contributed by atoms with Crippen LogP contribution in [-0.2, 0) is 0 Å². The highest BCUT2D eigenvalue weighted by atomic mass is 32.2. The van der Waals surface area contributed by atoms with Crippen molar-refractivity contribution in [2.75, 3.05) is 25.1 Å². The van der Waals surface area contributed by atoms with E-state index in [1.54, 1.807) is 0 Å². The molecule has 62 valence electrons. The van der Waals surface area contributed by atoms with Crippen LogP contribution in [0.3, 0.4) is 0 Å². The minimum absolute atomic E-state index is 0.429. The van der Waals surface area contributed by atoms with Crippen LogP contribution >= 0.6 is 11.8 Å². The second kappa shape index (κ2) is 5.03. The van der Waals surface area contributed by atoms with E-state index in [0.29, 0.717) is 5.41 Å². The minimum Gasteiger partial charge on any atom is -0.315 e. The monoisotopic (exact) mass is 161 g/mol. The van der Waals surface area contributed by atoms with E-state index < -0.39 is 0 Å². The van der Waals surface area contributed by atoms with E-state index in [2.05, 4.69) is 32.3 Å². The number of hydrogen-bond donors (Lipinski definition) is 1. The normalized spacial score (nSPS) is 12.0. The molecule has 0 aliphatic rings. The van der Waals surface area contributed by atoms with Gasteiger partial charge in [-0.1, -0.05) is 20.8 Å². The Kier molecular flexibility index (Phi) is 5.18. The van der Waals surface area contributed by atoms with E-state index in [1.165, 1.54) is 5.75 Å². The van der Waals surface area contributed by atoms with Crippen LogP contribution in [-0.4, -0.2) is 25.1 Å². The number of nitrogens with one attached hydrogen (secondary N) is 1. The molecule has 0 aromatic rings. The predicted octanol–water partition coefficient (Wildman–Crippen LogP) is 1.99. The lowest BCUT2D eigenvalue weighted by molar-refractivity contribution is 0.385. The van der Waals surface area contributed by atoms with Gasteiger partial charge in [0.25, 0.3) is 0 Å². The third kappa shape index (κ3) is 8.31. The molecule has 0 aromatic carbocycles. The molecule has 0 aliphatic carbocycles. The van der Waals surface area contributed by atoms with Gasteiger partial charge >= 0.3 is 0 Å². The molecular weight excluding hydrogens is 142 g/mol. The molecule has 10 heavy (non-hydrogen) atoms. The van der Waals surface area contributed by atoms with Gasteiger partial charge in [-0.15, -0.1) is 0 Å². The summed E-state index contributed by atoms with van der Waals surface area (Å²) in [4.78, 5) is 0. The van der Waals surface area contributed by atoms with Crippen molar-refractivity contribution in [3.8, 4) is 0 Å². The molecular formula is C8H19NS. The molecule has 0 heterocycles. The van der Waals surface area contributed by atoms with Crippen molar-refractivity contribution in [1.82, 2.24) is 5.32 Å². The summed E-state index contributed by atoms with van der Waals surface area (Å²) >= 11 is 1.89. The maximum atomic E-state index is 3.41. The molecule has 1 nitrogen and oxygen atoms in total.